The Bertz CT molecular complexity index is 210. The van der Waals surface area contributed by atoms with Gasteiger partial charge in [0, 0.05) is 38.8 Å². The maximum Gasteiger partial charge on any atom is 0.0558 e. The number of hydrogen-bond donors (Lipinski definition) is 1. The lowest BCUT2D eigenvalue weighted by Gasteiger charge is -2.38. The molecule has 0 aromatic heterocycles. The normalized spacial score (nSPS) is 29.5. The average Bonchev–Trinajstić information content (AvgIpc) is 2.32. The predicted octanol–water partition coefficient (Wildman–Crippen LogP) is 0.705. The third-order valence-corrected chi connectivity index (χ3v) is 3.52. The monoisotopic (exact) mass is 210 g/mol. The summed E-state index contributed by atoms with van der Waals surface area (Å²) in [5.41, 5.74) is 0. The van der Waals surface area contributed by atoms with E-state index in [2.05, 4.69) is 22.0 Å². The lowest BCUT2D eigenvalue weighted by molar-refractivity contribution is 0.0923. The van der Waals surface area contributed by atoms with Crippen molar-refractivity contribution in [1.82, 2.24) is 9.80 Å². The molecule has 0 amide bonds. The highest BCUT2D eigenvalue weighted by Gasteiger charge is 2.22. The third kappa shape index (κ3) is 3.03. The number of aliphatic hydroxyl groups excluding tert-OH is 1. The molecule has 1 saturated heterocycles. The molecule has 2 rings (SSSR count). The maximum atomic E-state index is 8.87. The minimum absolute atomic E-state index is 0.295. The number of piperazine rings is 1. The van der Waals surface area contributed by atoms with Gasteiger partial charge < -0.3 is 5.11 Å². The van der Waals surface area contributed by atoms with Crippen LogP contribution in [0.4, 0.5) is 0 Å². The minimum atomic E-state index is 0.295. The van der Waals surface area contributed by atoms with Crippen LogP contribution in [-0.4, -0.2) is 60.3 Å². The summed E-state index contributed by atoms with van der Waals surface area (Å²) in [5, 5.41) is 8.87. The highest BCUT2D eigenvalue weighted by molar-refractivity contribution is 4.99. The second kappa shape index (κ2) is 5.64. The van der Waals surface area contributed by atoms with E-state index in [-0.39, 0.29) is 0 Å². The predicted molar refractivity (Wildman–Crippen MR) is 61.9 cm³/mol. The van der Waals surface area contributed by atoms with Crippen LogP contribution in [0.25, 0.3) is 0 Å². The summed E-state index contributed by atoms with van der Waals surface area (Å²) >= 11 is 0. The van der Waals surface area contributed by atoms with Gasteiger partial charge in [-0.25, -0.2) is 0 Å². The molecule has 15 heavy (non-hydrogen) atoms. The fourth-order valence-electron chi connectivity index (χ4n) is 2.56. The Morgan fingerprint density at radius 1 is 1.20 bits per heavy atom. The molecule has 0 spiro atoms. The van der Waals surface area contributed by atoms with Crippen LogP contribution in [0.2, 0.25) is 0 Å². The summed E-state index contributed by atoms with van der Waals surface area (Å²) in [6.07, 6.45) is 8.65. The van der Waals surface area contributed by atoms with Gasteiger partial charge in [0.2, 0.25) is 0 Å². The van der Waals surface area contributed by atoms with Crippen molar-refractivity contribution in [2.24, 2.45) is 0 Å². The lowest BCUT2D eigenvalue weighted by Crippen LogP contribution is -2.50. The molecular formula is C12H22N2O. The average molecular weight is 210 g/mol. The summed E-state index contributed by atoms with van der Waals surface area (Å²) in [4.78, 5) is 4.94. The van der Waals surface area contributed by atoms with E-state index in [1.807, 2.05) is 0 Å². The second-order valence-corrected chi connectivity index (χ2v) is 4.53. The van der Waals surface area contributed by atoms with Gasteiger partial charge >= 0.3 is 0 Å². The van der Waals surface area contributed by atoms with Crippen molar-refractivity contribution in [2.45, 2.75) is 25.3 Å². The second-order valence-electron chi connectivity index (χ2n) is 4.53. The largest absolute Gasteiger partial charge is 0.395 e. The van der Waals surface area contributed by atoms with Gasteiger partial charge in [-0.15, -0.1) is 0 Å². The van der Waals surface area contributed by atoms with Crippen molar-refractivity contribution in [2.75, 3.05) is 39.3 Å². The van der Waals surface area contributed by atoms with Crippen molar-refractivity contribution < 1.29 is 5.11 Å². The molecular weight excluding hydrogens is 188 g/mol. The molecule has 0 radical (unpaired) electrons. The van der Waals surface area contributed by atoms with Crippen molar-refractivity contribution in [3.05, 3.63) is 12.2 Å². The van der Waals surface area contributed by atoms with Gasteiger partial charge in [0.05, 0.1) is 6.61 Å². The molecule has 1 aliphatic carbocycles. The van der Waals surface area contributed by atoms with Crippen molar-refractivity contribution in [3.8, 4) is 0 Å². The lowest BCUT2D eigenvalue weighted by atomic mass is 10.0. The van der Waals surface area contributed by atoms with E-state index in [4.69, 9.17) is 5.11 Å². The van der Waals surface area contributed by atoms with Gasteiger partial charge in [0.1, 0.15) is 0 Å². The highest BCUT2D eigenvalue weighted by atomic mass is 16.3. The Kier molecular flexibility index (Phi) is 4.18. The first-order valence-electron chi connectivity index (χ1n) is 6.14. The fraction of sp³-hybridized carbons (Fsp3) is 0.833. The minimum Gasteiger partial charge on any atom is -0.395 e. The van der Waals surface area contributed by atoms with Gasteiger partial charge in [-0.2, -0.15) is 0 Å². The quantitative estimate of drug-likeness (QED) is 0.695. The first-order valence-corrected chi connectivity index (χ1v) is 6.14. The van der Waals surface area contributed by atoms with Crippen LogP contribution in [0.15, 0.2) is 12.2 Å². The van der Waals surface area contributed by atoms with E-state index >= 15 is 0 Å². The van der Waals surface area contributed by atoms with E-state index in [0.29, 0.717) is 12.6 Å². The topological polar surface area (TPSA) is 26.7 Å². The van der Waals surface area contributed by atoms with Crippen LogP contribution in [0.5, 0.6) is 0 Å². The van der Waals surface area contributed by atoms with Gasteiger partial charge in [-0.3, -0.25) is 9.80 Å². The Labute approximate surface area is 92.4 Å². The van der Waals surface area contributed by atoms with Crippen LogP contribution in [0.3, 0.4) is 0 Å². The van der Waals surface area contributed by atoms with Crippen LogP contribution in [0.1, 0.15) is 19.3 Å². The number of rotatable bonds is 3. The summed E-state index contributed by atoms with van der Waals surface area (Å²) in [6.45, 7) is 5.69. The van der Waals surface area contributed by atoms with Gasteiger partial charge in [0.15, 0.2) is 0 Å². The van der Waals surface area contributed by atoms with E-state index in [0.717, 1.165) is 32.7 Å². The van der Waals surface area contributed by atoms with Gasteiger partial charge in [-0.1, -0.05) is 12.2 Å². The molecule has 1 aliphatic heterocycles. The Morgan fingerprint density at radius 2 is 2.00 bits per heavy atom. The van der Waals surface area contributed by atoms with E-state index < -0.39 is 0 Å². The molecule has 1 N–H and O–H groups in total. The first kappa shape index (κ1) is 11.1. The maximum absolute atomic E-state index is 8.87. The van der Waals surface area contributed by atoms with E-state index in [1.54, 1.807) is 0 Å². The number of nitrogens with zero attached hydrogens (tertiary/aromatic N) is 2. The standard InChI is InChI=1S/C12H22N2O/c15-11-10-13-6-8-14(9-7-13)12-4-2-1-3-5-12/h2,4,12,15H,1,3,5-11H2. The molecule has 3 heteroatoms. The van der Waals surface area contributed by atoms with Crippen LogP contribution in [-0.2, 0) is 0 Å². The van der Waals surface area contributed by atoms with E-state index in [9.17, 15) is 0 Å². The van der Waals surface area contributed by atoms with Crippen LogP contribution >= 0.6 is 0 Å². The number of β-amino-alcohol motifs (C(OH)–C–C–N with tert-alkyl or cyclic N) is 1. The number of hydrogen-bond acceptors (Lipinski definition) is 3. The fourth-order valence-corrected chi connectivity index (χ4v) is 2.56. The molecule has 0 aromatic carbocycles. The Balaban J connectivity index is 1.77. The molecule has 0 aromatic rings. The summed E-state index contributed by atoms with van der Waals surface area (Å²) < 4.78 is 0. The third-order valence-electron chi connectivity index (χ3n) is 3.52. The zero-order chi connectivity index (χ0) is 10.5. The van der Waals surface area contributed by atoms with Crippen molar-refractivity contribution in [3.63, 3.8) is 0 Å². The molecule has 1 atom stereocenters. The molecule has 86 valence electrons. The first-order chi connectivity index (χ1) is 7.40. The SMILES string of the molecule is OCCN1CCN(C2C=CCCC2)CC1. The van der Waals surface area contributed by atoms with E-state index in [1.165, 1.54) is 19.3 Å². The molecule has 1 unspecified atom stereocenters. The molecule has 0 saturated carbocycles. The molecule has 2 aliphatic rings. The molecule has 0 bridgehead atoms. The summed E-state index contributed by atoms with van der Waals surface area (Å²) in [7, 11) is 0. The molecule has 1 heterocycles. The number of aliphatic hydroxyl groups is 1. The Hall–Kier alpha value is -0.380. The Morgan fingerprint density at radius 3 is 2.60 bits per heavy atom. The van der Waals surface area contributed by atoms with Crippen molar-refractivity contribution in [1.29, 1.82) is 0 Å². The van der Waals surface area contributed by atoms with Crippen LogP contribution in [0, 0.1) is 0 Å². The van der Waals surface area contributed by atoms with Crippen molar-refractivity contribution >= 4 is 0 Å². The zero-order valence-electron chi connectivity index (χ0n) is 9.44. The summed E-state index contributed by atoms with van der Waals surface area (Å²) in [5.74, 6) is 0. The van der Waals surface area contributed by atoms with Gasteiger partial charge in [0.25, 0.3) is 0 Å². The van der Waals surface area contributed by atoms with Gasteiger partial charge in [-0.05, 0) is 19.3 Å². The highest BCUT2D eigenvalue weighted by Crippen LogP contribution is 2.17. The summed E-state index contributed by atoms with van der Waals surface area (Å²) in [6, 6.07) is 0.690. The van der Waals surface area contributed by atoms with Crippen LogP contribution < -0.4 is 0 Å². The number of allylic oxidation sites excluding steroid dienone is 1. The molecule has 3 nitrogen and oxygen atoms in total. The molecule has 1 fully saturated rings. The smallest absolute Gasteiger partial charge is 0.0558 e. The zero-order valence-corrected chi connectivity index (χ0v) is 9.44.